The molecular weight excluding hydrogens is 192 g/mol. The molecule has 0 aliphatic heterocycles. The van der Waals surface area contributed by atoms with E-state index in [-0.39, 0.29) is 12.3 Å². The van der Waals surface area contributed by atoms with E-state index in [9.17, 15) is 4.79 Å². The van der Waals surface area contributed by atoms with Crippen molar-refractivity contribution in [3.8, 4) is 0 Å². The first kappa shape index (κ1) is 11.7. The number of hydrogen-bond acceptors (Lipinski definition) is 3. The minimum absolute atomic E-state index is 0.171. The number of hydrogen-bond donors (Lipinski definition) is 3. The molecular formula is C10H18N4O. The highest BCUT2D eigenvalue weighted by Gasteiger charge is 2.03. The Hall–Kier alpha value is -1.36. The van der Waals surface area contributed by atoms with Gasteiger partial charge in [0.2, 0.25) is 5.91 Å². The summed E-state index contributed by atoms with van der Waals surface area (Å²) in [5.41, 5.74) is 6.04. The van der Waals surface area contributed by atoms with Crippen molar-refractivity contribution in [1.82, 2.24) is 15.3 Å². The van der Waals surface area contributed by atoms with Gasteiger partial charge in [0.1, 0.15) is 5.82 Å². The van der Waals surface area contributed by atoms with Crippen molar-refractivity contribution in [1.29, 1.82) is 0 Å². The molecule has 0 bridgehead atoms. The van der Waals surface area contributed by atoms with Gasteiger partial charge in [-0.15, -0.1) is 0 Å². The fourth-order valence-corrected chi connectivity index (χ4v) is 1.25. The Labute approximate surface area is 89.5 Å². The predicted molar refractivity (Wildman–Crippen MR) is 58.0 cm³/mol. The van der Waals surface area contributed by atoms with Crippen molar-refractivity contribution in [3.05, 3.63) is 17.7 Å². The molecule has 0 radical (unpaired) electrons. The van der Waals surface area contributed by atoms with Crippen LogP contribution in [0.2, 0.25) is 0 Å². The van der Waals surface area contributed by atoms with E-state index in [1.165, 1.54) is 0 Å². The summed E-state index contributed by atoms with van der Waals surface area (Å²) in [6.07, 6.45) is 1.90. The summed E-state index contributed by atoms with van der Waals surface area (Å²) in [5, 5.41) is 3.28. The third-order valence-electron chi connectivity index (χ3n) is 1.89. The minimum atomic E-state index is -0.369. The smallest absolute Gasteiger partial charge is 0.225 e. The molecule has 0 saturated carbocycles. The Kier molecular flexibility index (Phi) is 4.30. The first-order valence-electron chi connectivity index (χ1n) is 5.09. The van der Waals surface area contributed by atoms with Crippen LogP contribution in [0.1, 0.15) is 25.4 Å². The lowest BCUT2D eigenvalue weighted by atomic mass is 10.2. The topological polar surface area (TPSA) is 83.8 Å². The van der Waals surface area contributed by atoms with Crippen LogP contribution >= 0.6 is 0 Å². The number of amides is 1. The standard InChI is InChI=1S/C10H18N4O/c1-7(2)4-12-5-8-6-13-10(14-8)3-9(11)15/h6-7,12H,3-5H2,1-2H3,(H2,11,15)(H,13,14). The Balaban J connectivity index is 2.36. The number of nitrogens with two attached hydrogens (primary N) is 1. The third-order valence-corrected chi connectivity index (χ3v) is 1.89. The van der Waals surface area contributed by atoms with Crippen molar-refractivity contribution in [2.45, 2.75) is 26.8 Å². The van der Waals surface area contributed by atoms with Crippen LogP contribution in [-0.2, 0) is 17.8 Å². The zero-order valence-electron chi connectivity index (χ0n) is 9.21. The number of carbonyl (C=O) groups excluding carboxylic acids is 1. The van der Waals surface area contributed by atoms with Crippen LogP contribution in [0.4, 0.5) is 0 Å². The molecule has 5 heteroatoms. The highest BCUT2D eigenvalue weighted by atomic mass is 16.1. The molecule has 5 nitrogen and oxygen atoms in total. The van der Waals surface area contributed by atoms with Crippen molar-refractivity contribution in [3.63, 3.8) is 0 Å². The highest BCUT2D eigenvalue weighted by molar-refractivity contribution is 5.75. The zero-order chi connectivity index (χ0) is 11.3. The maximum atomic E-state index is 10.6. The van der Waals surface area contributed by atoms with Crippen LogP contribution in [0.3, 0.4) is 0 Å². The third kappa shape index (κ3) is 4.60. The van der Waals surface area contributed by atoms with Gasteiger partial charge in [-0.25, -0.2) is 4.98 Å². The summed E-state index contributed by atoms with van der Waals surface area (Å²) in [6, 6.07) is 0. The van der Waals surface area contributed by atoms with E-state index in [2.05, 4.69) is 29.1 Å². The molecule has 1 aromatic rings. The van der Waals surface area contributed by atoms with Crippen molar-refractivity contribution < 1.29 is 4.79 Å². The Bertz CT molecular complexity index is 319. The maximum absolute atomic E-state index is 10.6. The van der Waals surface area contributed by atoms with Gasteiger partial charge in [0.25, 0.3) is 0 Å². The van der Waals surface area contributed by atoms with E-state index in [4.69, 9.17) is 5.73 Å². The van der Waals surface area contributed by atoms with Gasteiger partial charge in [-0.2, -0.15) is 0 Å². The molecule has 1 rings (SSSR count). The van der Waals surface area contributed by atoms with E-state index in [1.54, 1.807) is 6.20 Å². The first-order chi connectivity index (χ1) is 7.08. The normalized spacial score (nSPS) is 10.9. The molecule has 1 aromatic heterocycles. The molecule has 0 aromatic carbocycles. The number of H-pyrrole nitrogens is 1. The second-order valence-corrected chi connectivity index (χ2v) is 4.02. The number of aromatic amines is 1. The molecule has 0 fully saturated rings. The average molecular weight is 210 g/mol. The average Bonchev–Trinajstić information content (AvgIpc) is 2.50. The SMILES string of the molecule is CC(C)CNCc1cnc(CC(N)=O)[nH]1. The van der Waals surface area contributed by atoms with Gasteiger partial charge in [0.05, 0.1) is 6.42 Å². The molecule has 15 heavy (non-hydrogen) atoms. The maximum Gasteiger partial charge on any atom is 0.225 e. The number of nitrogens with one attached hydrogen (secondary N) is 2. The quantitative estimate of drug-likeness (QED) is 0.626. The lowest BCUT2D eigenvalue weighted by molar-refractivity contribution is -0.117. The number of carbonyl (C=O) groups is 1. The number of primary amides is 1. The van der Waals surface area contributed by atoms with Crippen LogP contribution in [0.15, 0.2) is 6.20 Å². The zero-order valence-corrected chi connectivity index (χ0v) is 9.21. The summed E-state index contributed by atoms with van der Waals surface area (Å²) in [5.74, 6) is 0.882. The number of aromatic nitrogens is 2. The summed E-state index contributed by atoms with van der Waals surface area (Å²) in [7, 11) is 0. The van der Waals surface area contributed by atoms with Gasteiger partial charge in [-0.1, -0.05) is 13.8 Å². The summed E-state index contributed by atoms with van der Waals surface area (Å²) < 4.78 is 0. The van der Waals surface area contributed by atoms with Crippen LogP contribution in [0.25, 0.3) is 0 Å². The predicted octanol–water partition coefficient (Wildman–Crippen LogP) is 0.183. The lowest BCUT2D eigenvalue weighted by Gasteiger charge is -2.05. The van der Waals surface area contributed by atoms with E-state index in [1.807, 2.05) is 0 Å². The largest absolute Gasteiger partial charge is 0.369 e. The Morgan fingerprint density at radius 2 is 2.40 bits per heavy atom. The van der Waals surface area contributed by atoms with Crippen molar-refractivity contribution >= 4 is 5.91 Å². The fraction of sp³-hybridized carbons (Fsp3) is 0.600. The summed E-state index contributed by atoms with van der Waals surface area (Å²) in [6.45, 7) is 6.01. The molecule has 4 N–H and O–H groups in total. The van der Waals surface area contributed by atoms with Gasteiger partial charge in [-0.05, 0) is 12.5 Å². The van der Waals surface area contributed by atoms with Crippen molar-refractivity contribution in [2.24, 2.45) is 11.7 Å². The number of imidazole rings is 1. The summed E-state index contributed by atoms with van der Waals surface area (Å²) >= 11 is 0. The van der Waals surface area contributed by atoms with Crippen molar-refractivity contribution in [2.75, 3.05) is 6.54 Å². The Morgan fingerprint density at radius 3 is 3.00 bits per heavy atom. The van der Waals surface area contributed by atoms with Gasteiger partial charge in [0, 0.05) is 18.4 Å². The van der Waals surface area contributed by atoms with Crippen LogP contribution in [-0.4, -0.2) is 22.4 Å². The first-order valence-corrected chi connectivity index (χ1v) is 5.09. The number of rotatable bonds is 6. The number of nitrogens with zero attached hydrogens (tertiary/aromatic N) is 1. The van der Waals surface area contributed by atoms with Gasteiger partial charge < -0.3 is 16.0 Å². The molecule has 0 saturated heterocycles. The molecule has 1 amide bonds. The summed E-state index contributed by atoms with van der Waals surface area (Å²) in [4.78, 5) is 17.7. The monoisotopic (exact) mass is 210 g/mol. The van der Waals surface area contributed by atoms with Crippen LogP contribution < -0.4 is 11.1 Å². The van der Waals surface area contributed by atoms with E-state index in [0.29, 0.717) is 11.7 Å². The second kappa shape index (κ2) is 5.50. The van der Waals surface area contributed by atoms with E-state index in [0.717, 1.165) is 18.8 Å². The molecule has 0 atom stereocenters. The highest BCUT2D eigenvalue weighted by Crippen LogP contribution is 1.98. The molecule has 0 spiro atoms. The second-order valence-electron chi connectivity index (χ2n) is 4.02. The van der Waals surface area contributed by atoms with Crippen LogP contribution in [0.5, 0.6) is 0 Å². The van der Waals surface area contributed by atoms with E-state index >= 15 is 0 Å². The van der Waals surface area contributed by atoms with Gasteiger partial charge in [0.15, 0.2) is 0 Å². The molecule has 1 heterocycles. The minimum Gasteiger partial charge on any atom is -0.369 e. The molecule has 0 aliphatic rings. The van der Waals surface area contributed by atoms with E-state index < -0.39 is 0 Å². The lowest BCUT2D eigenvalue weighted by Crippen LogP contribution is -2.19. The molecule has 84 valence electrons. The van der Waals surface area contributed by atoms with Gasteiger partial charge >= 0.3 is 0 Å². The molecule has 0 unspecified atom stereocenters. The van der Waals surface area contributed by atoms with Crippen LogP contribution in [0, 0.1) is 5.92 Å². The fourth-order valence-electron chi connectivity index (χ4n) is 1.25. The molecule has 0 aliphatic carbocycles. The van der Waals surface area contributed by atoms with Gasteiger partial charge in [-0.3, -0.25) is 4.79 Å². The Morgan fingerprint density at radius 1 is 1.67 bits per heavy atom.